The van der Waals surface area contributed by atoms with Gasteiger partial charge in [-0.05, 0) is 59.5 Å². The number of rotatable bonds is 6. The molecule has 0 atom stereocenters. The van der Waals surface area contributed by atoms with Gasteiger partial charge >= 0.3 is 0 Å². The first-order valence-corrected chi connectivity index (χ1v) is 8.28. The number of carbonyl (C=O) groups excluding carboxylic acids is 1. The molecule has 2 rings (SSSR count). The predicted octanol–water partition coefficient (Wildman–Crippen LogP) is 3.81. The number of carbonyl (C=O) groups is 1. The van der Waals surface area contributed by atoms with Gasteiger partial charge in [-0.15, -0.1) is 0 Å². The molecule has 0 aliphatic heterocycles. The van der Waals surface area contributed by atoms with Crippen LogP contribution in [0.2, 0.25) is 0 Å². The monoisotopic (exact) mass is 390 g/mol. The summed E-state index contributed by atoms with van der Waals surface area (Å²) in [6.07, 6.45) is 1.50. The van der Waals surface area contributed by atoms with Crippen molar-refractivity contribution in [2.75, 3.05) is 6.61 Å². The second-order valence-corrected chi connectivity index (χ2v) is 6.43. The van der Waals surface area contributed by atoms with Crippen LogP contribution < -0.4 is 10.2 Å². The summed E-state index contributed by atoms with van der Waals surface area (Å²) in [5.74, 6) is 0.807. The third-order valence-electron chi connectivity index (χ3n) is 3.25. The van der Waals surface area contributed by atoms with Gasteiger partial charge in [0.1, 0.15) is 11.5 Å². The van der Waals surface area contributed by atoms with Crippen LogP contribution in [0.15, 0.2) is 52.0 Å². The average Bonchev–Trinajstić information content (AvgIpc) is 2.55. The maximum Gasteiger partial charge on any atom is 0.277 e. The number of halogens is 1. The van der Waals surface area contributed by atoms with E-state index in [1.54, 1.807) is 24.3 Å². The van der Waals surface area contributed by atoms with Crippen LogP contribution >= 0.6 is 15.9 Å². The molecular weight excluding hydrogens is 372 g/mol. The Morgan fingerprint density at radius 3 is 2.67 bits per heavy atom. The van der Waals surface area contributed by atoms with E-state index in [1.165, 1.54) is 6.21 Å². The maximum atomic E-state index is 11.8. The van der Waals surface area contributed by atoms with Gasteiger partial charge in [0.15, 0.2) is 6.61 Å². The quantitative estimate of drug-likeness (QED) is 0.581. The summed E-state index contributed by atoms with van der Waals surface area (Å²) in [6, 6.07) is 12.2. The van der Waals surface area contributed by atoms with Gasteiger partial charge in [-0.25, -0.2) is 5.43 Å². The number of hydrazone groups is 1. The largest absolute Gasteiger partial charge is 0.508 e. The molecule has 5 nitrogen and oxygen atoms in total. The van der Waals surface area contributed by atoms with Gasteiger partial charge < -0.3 is 9.84 Å². The third-order valence-corrected chi connectivity index (χ3v) is 3.74. The molecule has 6 heteroatoms. The lowest BCUT2D eigenvalue weighted by Gasteiger charge is -2.13. The zero-order valence-corrected chi connectivity index (χ0v) is 15.1. The lowest BCUT2D eigenvalue weighted by molar-refractivity contribution is -0.123. The summed E-state index contributed by atoms with van der Waals surface area (Å²) >= 11 is 3.44. The highest BCUT2D eigenvalue weighted by Gasteiger charge is 2.10. The van der Waals surface area contributed by atoms with Gasteiger partial charge in [-0.3, -0.25) is 4.79 Å². The Hall–Kier alpha value is -2.34. The first-order valence-electron chi connectivity index (χ1n) is 7.49. The van der Waals surface area contributed by atoms with E-state index in [2.05, 4.69) is 40.3 Å². The molecule has 0 aliphatic carbocycles. The Balaban J connectivity index is 1.88. The maximum absolute atomic E-state index is 11.8. The molecule has 0 heterocycles. The van der Waals surface area contributed by atoms with Crippen molar-refractivity contribution in [3.8, 4) is 11.5 Å². The number of benzene rings is 2. The van der Waals surface area contributed by atoms with Gasteiger partial charge in [0.25, 0.3) is 5.91 Å². The highest BCUT2D eigenvalue weighted by Crippen LogP contribution is 2.29. The van der Waals surface area contributed by atoms with Crippen molar-refractivity contribution < 1.29 is 14.6 Å². The van der Waals surface area contributed by atoms with E-state index in [4.69, 9.17) is 4.74 Å². The molecule has 2 aromatic carbocycles. The Labute approximate surface area is 149 Å². The fourth-order valence-electron chi connectivity index (χ4n) is 2.02. The van der Waals surface area contributed by atoms with Crippen LogP contribution in [0.4, 0.5) is 0 Å². The van der Waals surface area contributed by atoms with Crippen LogP contribution in [-0.4, -0.2) is 23.8 Å². The normalized spacial score (nSPS) is 11.0. The summed E-state index contributed by atoms with van der Waals surface area (Å²) in [7, 11) is 0. The summed E-state index contributed by atoms with van der Waals surface area (Å²) in [6.45, 7) is 4.02. The molecule has 0 saturated heterocycles. The van der Waals surface area contributed by atoms with E-state index in [9.17, 15) is 9.90 Å². The van der Waals surface area contributed by atoms with Crippen LogP contribution in [0.3, 0.4) is 0 Å². The molecule has 0 radical (unpaired) electrons. The summed E-state index contributed by atoms with van der Waals surface area (Å²) in [4.78, 5) is 11.8. The molecule has 2 aromatic rings. The van der Waals surface area contributed by atoms with Crippen molar-refractivity contribution in [3.05, 3.63) is 58.1 Å². The van der Waals surface area contributed by atoms with Crippen molar-refractivity contribution in [1.29, 1.82) is 0 Å². The van der Waals surface area contributed by atoms with E-state index in [1.807, 2.05) is 18.2 Å². The highest BCUT2D eigenvalue weighted by atomic mass is 79.9. The second kappa shape index (κ2) is 8.49. The third kappa shape index (κ3) is 5.38. The number of nitrogens with one attached hydrogen (secondary N) is 1. The number of aromatic hydroxyl groups is 1. The van der Waals surface area contributed by atoms with Crippen LogP contribution in [0.5, 0.6) is 11.5 Å². The molecule has 0 aliphatic rings. The van der Waals surface area contributed by atoms with Crippen molar-refractivity contribution >= 4 is 28.1 Å². The van der Waals surface area contributed by atoms with Gasteiger partial charge in [0.2, 0.25) is 0 Å². The molecule has 0 aromatic heterocycles. The van der Waals surface area contributed by atoms with Crippen LogP contribution in [0.25, 0.3) is 0 Å². The zero-order valence-electron chi connectivity index (χ0n) is 13.5. The Bertz CT molecular complexity index is 728. The molecule has 24 heavy (non-hydrogen) atoms. The summed E-state index contributed by atoms with van der Waals surface area (Å²) in [5, 5.41) is 13.1. The molecule has 0 unspecified atom stereocenters. The fraction of sp³-hybridized carbons (Fsp3) is 0.222. The number of phenolic OH excluding ortho intramolecular Hbond substituents is 1. The second-order valence-electron chi connectivity index (χ2n) is 5.51. The summed E-state index contributed by atoms with van der Waals surface area (Å²) in [5.41, 5.74) is 4.21. The Kier molecular flexibility index (Phi) is 6.37. The zero-order chi connectivity index (χ0) is 17.5. The standard InChI is InChI=1S/C18H19BrN2O3/c1-12(2)16-9-14(19)5-8-17(16)24-11-18(23)21-20-10-13-3-6-15(22)7-4-13/h3-10,12,22H,11H2,1-2H3,(H,21,23)/b20-10+. The first-order chi connectivity index (χ1) is 11.5. The number of phenols is 1. The van der Waals surface area contributed by atoms with E-state index in [-0.39, 0.29) is 24.2 Å². The lowest BCUT2D eigenvalue weighted by Crippen LogP contribution is -2.24. The van der Waals surface area contributed by atoms with E-state index in [0.717, 1.165) is 15.6 Å². The number of hydrogen-bond acceptors (Lipinski definition) is 4. The SMILES string of the molecule is CC(C)c1cc(Br)ccc1OCC(=O)N/N=C/c1ccc(O)cc1. The molecular formula is C18H19BrN2O3. The molecule has 0 spiro atoms. The van der Waals surface area contributed by atoms with E-state index in [0.29, 0.717) is 5.75 Å². The number of amides is 1. The smallest absolute Gasteiger partial charge is 0.277 e. The number of nitrogens with zero attached hydrogens (tertiary/aromatic N) is 1. The molecule has 0 bridgehead atoms. The minimum Gasteiger partial charge on any atom is -0.508 e. The minimum atomic E-state index is -0.345. The van der Waals surface area contributed by atoms with Crippen molar-refractivity contribution in [2.45, 2.75) is 19.8 Å². The van der Waals surface area contributed by atoms with Gasteiger partial charge in [0.05, 0.1) is 6.21 Å². The average molecular weight is 391 g/mol. The van der Waals surface area contributed by atoms with E-state index < -0.39 is 0 Å². The van der Waals surface area contributed by atoms with Gasteiger partial charge in [-0.1, -0.05) is 29.8 Å². The van der Waals surface area contributed by atoms with Crippen LogP contribution in [-0.2, 0) is 4.79 Å². The van der Waals surface area contributed by atoms with Crippen molar-refractivity contribution in [2.24, 2.45) is 5.10 Å². The molecule has 0 fully saturated rings. The lowest BCUT2D eigenvalue weighted by atomic mass is 10.0. The van der Waals surface area contributed by atoms with Crippen molar-refractivity contribution in [1.82, 2.24) is 5.43 Å². The summed E-state index contributed by atoms with van der Waals surface area (Å²) < 4.78 is 6.57. The fourth-order valence-corrected chi connectivity index (χ4v) is 2.40. The van der Waals surface area contributed by atoms with Crippen molar-refractivity contribution in [3.63, 3.8) is 0 Å². The van der Waals surface area contributed by atoms with Crippen LogP contribution in [0.1, 0.15) is 30.9 Å². The first kappa shape index (κ1) is 18.0. The van der Waals surface area contributed by atoms with E-state index >= 15 is 0 Å². The Morgan fingerprint density at radius 2 is 2.00 bits per heavy atom. The van der Waals surface area contributed by atoms with Crippen LogP contribution in [0, 0.1) is 0 Å². The molecule has 2 N–H and O–H groups in total. The Morgan fingerprint density at radius 1 is 1.29 bits per heavy atom. The van der Waals surface area contributed by atoms with Gasteiger partial charge in [-0.2, -0.15) is 5.10 Å². The number of ether oxygens (including phenoxy) is 1. The highest BCUT2D eigenvalue weighted by molar-refractivity contribution is 9.10. The molecule has 1 amide bonds. The predicted molar refractivity (Wildman–Crippen MR) is 97.6 cm³/mol. The van der Waals surface area contributed by atoms with Gasteiger partial charge in [0, 0.05) is 4.47 Å². The number of hydrogen-bond donors (Lipinski definition) is 2. The topological polar surface area (TPSA) is 70.9 Å². The molecule has 0 saturated carbocycles. The molecule has 126 valence electrons. The minimum absolute atomic E-state index is 0.117.